The zero-order chi connectivity index (χ0) is 14.0. The Morgan fingerprint density at radius 2 is 2.05 bits per heavy atom. The van der Waals surface area contributed by atoms with Crippen molar-refractivity contribution >= 4 is 17.6 Å². The first kappa shape index (κ1) is 13.5. The van der Waals surface area contributed by atoms with E-state index in [-0.39, 0.29) is 0 Å². The molecule has 0 aliphatic carbocycles. The number of aliphatic hydroxyl groups excluding tert-OH is 1. The van der Waals surface area contributed by atoms with Crippen molar-refractivity contribution in [1.82, 2.24) is 0 Å². The van der Waals surface area contributed by atoms with Crippen LogP contribution in [0.5, 0.6) is 0 Å². The second-order valence-electron chi connectivity index (χ2n) is 4.63. The van der Waals surface area contributed by atoms with Gasteiger partial charge in [0.1, 0.15) is 12.6 Å². The average molecular weight is 263 g/mol. The fourth-order valence-electron chi connectivity index (χ4n) is 2.44. The van der Waals surface area contributed by atoms with Crippen molar-refractivity contribution in [2.75, 3.05) is 18.1 Å². The van der Waals surface area contributed by atoms with Gasteiger partial charge in [0, 0.05) is 6.42 Å². The van der Waals surface area contributed by atoms with Crippen molar-refractivity contribution < 1.29 is 19.4 Å². The molecule has 1 aliphatic rings. The van der Waals surface area contributed by atoms with Gasteiger partial charge in [-0.15, -0.1) is 0 Å². The van der Waals surface area contributed by atoms with Crippen LogP contribution in [0.3, 0.4) is 0 Å². The molecule has 1 aromatic rings. The van der Waals surface area contributed by atoms with Gasteiger partial charge in [-0.1, -0.05) is 18.2 Å². The summed E-state index contributed by atoms with van der Waals surface area (Å²) in [5.41, 5.74) is 2.47. The first-order valence-corrected chi connectivity index (χ1v) is 6.22. The SMILES string of the molecule is Cc1cccc(C)c1N(C(=O)CO)C1CCOC1=O. The molecule has 0 bridgehead atoms. The monoisotopic (exact) mass is 263 g/mol. The second kappa shape index (κ2) is 5.40. The predicted molar refractivity (Wildman–Crippen MR) is 69.9 cm³/mol. The molecule has 2 rings (SSSR count). The number of anilines is 1. The highest BCUT2D eigenvalue weighted by Gasteiger charge is 2.37. The predicted octanol–water partition coefficient (Wildman–Crippen LogP) is 0.944. The fourth-order valence-corrected chi connectivity index (χ4v) is 2.44. The molecule has 1 amide bonds. The summed E-state index contributed by atoms with van der Waals surface area (Å²) in [6.45, 7) is 3.43. The second-order valence-corrected chi connectivity index (χ2v) is 4.63. The number of hydrogen-bond donors (Lipinski definition) is 1. The van der Waals surface area contributed by atoms with Gasteiger partial charge in [-0.3, -0.25) is 9.69 Å². The Hall–Kier alpha value is -1.88. The molecule has 0 saturated carbocycles. The summed E-state index contributed by atoms with van der Waals surface area (Å²) in [7, 11) is 0. The van der Waals surface area contributed by atoms with Crippen molar-refractivity contribution in [3.63, 3.8) is 0 Å². The minimum atomic E-state index is -0.639. The largest absolute Gasteiger partial charge is 0.464 e. The number of ether oxygens (including phenoxy) is 1. The number of carbonyl (C=O) groups is 2. The maximum Gasteiger partial charge on any atom is 0.329 e. The van der Waals surface area contributed by atoms with Crippen LogP contribution in [-0.4, -0.2) is 36.2 Å². The number of aliphatic hydroxyl groups is 1. The maximum atomic E-state index is 12.0. The van der Waals surface area contributed by atoms with Gasteiger partial charge in [0.05, 0.1) is 12.3 Å². The van der Waals surface area contributed by atoms with Crippen LogP contribution in [0.2, 0.25) is 0 Å². The molecule has 1 heterocycles. The van der Waals surface area contributed by atoms with E-state index >= 15 is 0 Å². The van der Waals surface area contributed by atoms with Crippen LogP contribution in [0, 0.1) is 13.8 Å². The van der Waals surface area contributed by atoms with E-state index in [0.717, 1.165) is 11.1 Å². The molecule has 0 radical (unpaired) electrons. The molecule has 5 heteroatoms. The zero-order valence-corrected chi connectivity index (χ0v) is 11.0. The molecule has 1 fully saturated rings. The lowest BCUT2D eigenvalue weighted by Gasteiger charge is -2.28. The molecule has 1 aromatic carbocycles. The molecule has 102 valence electrons. The number of para-hydroxylation sites is 1. The Bertz CT molecular complexity index is 492. The summed E-state index contributed by atoms with van der Waals surface area (Å²) < 4.78 is 4.93. The van der Waals surface area contributed by atoms with E-state index in [1.807, 2.05) is 32.0 Å². The lowest BCUT2D eigenvalue weighted by Crippen LogP contribution is -2.45. The van der Waals surface area contributed by atoms with E-state index in [9.17, 15) is 9.59 Å². The van der Waals surface area contributed by atoms with Crippen LogP contribution < -0.4 is 4.90 Å². The first-order chi connectivity index (χ1) is 9.06. The van der Waals surface area contributed by atoms with Gasteiger partial charge in [0.2, 0.25) is 0 Å². The fraction of sp³-hybridized carbons (Fsp3) is 0.429. The van der Waals surface area contributed by atoms with E-state index in [0.29, 0.717) is 18.7 Å². The smallest absolute Gasteiger partial charge is 0.329 e. The summed E-state index contributed by atoms with van der Waals surface area (Å²) in [5.74, 6) is -0.897. The standard InChI is InChI=1S/C14H17NO4/c1-9-4-3-5-10(2)13(9)15(12(17)8-16)11-6-7-19-14(11)18/h3-5,11,16H,6-8H2,1-2H3. The molecule has 0 spiro atoms. The summed E-state index contributed by atoms with van der Waals surface area (Å²) in [4.78, 5) is 25.1. The van der Waals surface area contributed by atoms with Crippen molar-refractivity contribution in [1.29, 1.82) is 0 Å². The van der Waals surface area contributed by atoms with Gasteiger partial charge in [0.15, 0.2) is 0 Å². The van der Waals surface area contributed by atoms with E-state index in [4.69, 9.17) is 9.84 Å². The van der Waals surface area contributed by atoms with Crippen molar-refractivity contribution in [2.45, 2.75) is 26.3 Å². The minimum absolute atomic E-state index is 0.309. The number of hydrogen-bond acceptors (Lipinski definition) is 4. The molecule has 1 unspecified atom stereocenters. The van der Waals surface area contributed by atoms with Gasteiger partial charge >= 0.3 is 5.97 Å². The summed E-state index contributed by atoms with van der Waals surface area (Å²) >= 11 is 0. The highest BCUT2D eigenvalue weighted by atomic mass is 16.5. The Kier molecular flexibility index (Phi) is 3.85. The molecule has 1 atom stereocenters. The van der Waals surface area contributed by atoms with Crippen LogP contribution >= 0.6 is 0 Å². The van der Waals surface area contributed by atoms with Gasteiger partial charge in [-0.25, -0.2) is 4.79 Å². The molecule has 0 aromatic heterocycles. The van der Waals surface area contributed by atoms with Crippen LogP contribution in [0.15, 0.2) is 18.2 Å². The quantitative estimate of drug-likeness (QED) is 0.824. The number of aryl methyl sites for hydroxylation is 2. The Labute approximate surface area is 111 Å². The zero-order valence-electron chi connectivity index (χ0n) is 11.0. The number of nitrogens with zero attached hydrogens (tertiary/aromatic N) is 1. The highest BCUT2D eigenvalue weighted by molar-refractivity contribution is 6.01. The Morgan fingerprint density at radius 3 is 2.53 bits per heavy atom. The number of cyclic esters (lactones) is 1. The van der Waals surface area contributed by atoms with Crippen LogP contribution in [0.4, 0.5) is 5.69 Å². The van der Waals surface area contributed by atoms with Gasteiger partial charge < -0.3 is 9.84 Å². The third kappa shape index (κ3) is 2.46. The topological polar surface area (TPSA) is 66.8 Å². The third-order valence-corrected chi connectivity index (χ3v) is 3.30. The highest BCUT2D eigenvalue weighted by Crippen LogP contribution is 2.29. The number of esters is 1. The van der Waals surface area contributed by atoms with Crippen LogP contribution in [0.25, 0.3) is 0 Å². The van der Waals surface area contributed by atoms with Crippen molar-refractivity contribution in [3.8, 4) is 0 Å². The maximum absolute atomic E-state index is 12.0. The summed E-state index contributed by atoms with van der Waals surface area (Å²) in [5, 5.41) is 9.15. The molecule has 1 saturated heterocycles. The number of benzene rings is 1. The van der Waals surface area contributed by atoms with Gasteiger partial charge in [0.25, 0.3) is 5.91 Å². The van der Waals surface area contributed by atoms with Gasteiger partial charge in [-0.2, -0.15) is 0 Å². The van der Waals surface area contributed by atoms with E-state index in [2.05, 4.69) is 0 Å². The molecule has 1 aliphatic heterocycles. The minimum Gasteiger partial charge on any atom is -0.464 e. The van der Waals surface area contributed by atoms with E-state index in [1.54, 1.807) is 0 Å². The normalized spacial score (nSPS) is 18.3. The molecule has 5 nitrogen and oxygen atoms in total. The molecular weight excluding hydrogens is 246 g/mol. The molecule has 19 heavy (non-hydrogen) atoms. The molecular formula is C14H17NO4. The first-order valence-electron chi connectivity index (χ1n) is 6.22. The van der Waals surface area contributed by atoms with Crippen LogP contribution in [0.1, 0.15) is 17.5 Å². The van der Waals surface area contributed by atoms with E-state index < -0.39 is 24.5 Å². The number of rotatable bonds is 3. The third-order valence-electron chi connectivity index (χ3n) is 3.30. The average Bonchev–Trinajstić information content (AvgIpc) is 2.79. The lowest BCUT2D eigenvalue weighted by atomic mass is 10.0. The van der Waals surface area contributed by atoms with Crippen LogP contribution in [-0.2, 0) is 14.3 Å². The Balaban J connectivity index is 2.49. The Morgan fingerprint density at radius 1 is 1.42 bits per heavy atom. The lowest BCUT2D eigenvalue weighted by molar-refractivity contribution is -0.140. The summed E-state index contributed by atoms with van der Waals surface area (Å²) in [6.07, 6.45) is 0.457. The van der Waals surface area contributed by atoms with Gasteiger partial charge in [-0.05, 0) is 25.0 Å². The van der Waals surface area contributed by atoms with Crippen molar-refractivity contribution in [2.24, 2.45) is 0 Å². The number of carbonyl (C=O) groups excluding carboxylic acids is 2. The number of amides is 1. The summed E-state index contributed by atoms with van der Waals surface area (Å²) in [6, 6.07) is 5.00. The van der Waals surface area contributed by atoms with Crippen molar-refractivity contribution in [3.05, 3.63) is 29.3 Å². The molecule has 1 N–H and O–H groups in total. The van der Waals surface area contributed by atoms with E-state index in [1.165, 1.54) is 4.90 Å².